The number of rotatable bonds is 6. The van der Waals surface area contributed by atoms with E-state index >= 15 is 0 Å². The van der Waals surface area contributed by atoms with Crippen LogP contribution in [0.2, 0.25) is 0 Å². The molecule has 0 bridgehead atoms. The molecular formula is C16H24N2O2S. The van der Waals surface area contributed by atoms with Crippen molar-refractivity contribution in [3.8, 4) is 0 Å². The zero-order valence-electron chi connectivity index (χ0n) is 12.7. The monoisotopic (exact) mass is 308 g/mol. The SMILES string of the molecule is C[C@H](NS(=O)(=O)N(C)Cc1ccccc1)C1=CCCCC1. The molecule has 0 unspecified atom stereocenters. The van der Waals surface area contributed by atoms with Gasteiger partial charge in [-0.1, -0.05) is 42.0 Å². The summed E-state index contributed by atoms with van der Waals surface area (Å²) >= 11 is 0. The maximum absolute atomic E-state index is 12.4. The average molecular weight is 308 g/mol. The van der Waals surface area contributed by atoms with Crippen LogP contribution in [0, 0.1) is 0 Å². The van der Waals surface area contributed by atoms with Crippen LogP contribution in [0.3, 0.4) is 0 Å². The Labute approximate surface area is 128 Å². The van der Waals surface area contributed by atoms with E-state index in [2.05, 4.69) is 10.8 Å². The van der Waals surface area contributed by atoms with Crippen LogP contribution in [-0.4, -0.2) is 25.8 Å². The van der Waals surface area contributed by atoms with Crippen molar-refractivity contribution in [3.05, 3.63) is 47.5 Å². The van der Waals surface area contributed by atoms with E-state index < -0.39 is 10.2 Å². The van der Waals surface area contributed by atoms with E-state index in [1.165, 1.54) is 16.3 Å². The Morgan fingerprint density at radius 1 is 1.24 bits per heavy atom. The number of hydrogen-bond acceptors (Lipinski definition) is 2. The van der Waals surface area contributed by atoms with Gasteiger partial charge in [-0.05, 0) is 38.2 Å². The standard InChI is InChI=1S/C16H24N2O2S/c1-14(16-11-7-4-8-12-16)17-21(19,20)18(2)13-15-9-5-3-6-10-15/h3,5-6,9-11,14,17H,4,7-8,12-13H2,1-2H3/t14-/m0/s1. The Bertz CT molecular complexity index is 582. The van der Waals surface area contributed by atoms with E-state index in [-0.39, 0.29) is 6.04 Å². The molecule has 0 fully saturated rings. The van der Waals surface area contributed by atoms with Crippen molar-refractivity contribution in [1.29, 1.82) is 0 Å². The first-order chi connectivity index (χ1) is 9.99. The first-order valence-corrected chi connectivity index (χ1v) is 8.89. The summed E-state index contributed by atoms with van der Waals surface area (Å²) < 4.78 is 28.9. The van der Waals surface area contributed by atoms with Gasteiger partial charge < -0.3 is 0 Å². The fourth-order valence-corrected chi connectivity index (χ4v) is 3.67. The first-order valence-electron chi connectivity index (χ1n) is 7.45. The van der Waals surface area contributed by atoms with Crippen LogP contribution in [0.4, 0.5) is 0 Å². The Kier molecular flexibility index (Phi) is 5.56. The van der Waals surface area contributed by atoms with Crippen LogP contribution in [0.1, 0.15) is 38.2 Å². The summed E-state index contributed by atoms with van der Waals surface area (Å²) in [7, 11) is -1.86. The average Bonchev–Trinajstić information content (AvgIpc) is 2.48. The van der Waals surface area contributed by atoms with Gasteiger partial charge in [-0.3, -0.25) is 0 Å². The van der Waals surface area contributed by atoms with Crippen LogP contribution < -0.4 is 4.72 Å². The van der Waals surface area contributed by atoms with Gasteiger partial charge in [0.1, 0.15) is 0 Å². The third-order valence-electron chi connectivity index (χ3n) is 3.87. The molecule has 1 atom stereocenters. The highest BCUT2D eigenvalue weighted by Crippen LogP contribution is 2.20. The maximum Gasteiger partial charge on any atom is 0.280 e. The summed E-state index contributed by atoms with van der Waals surface area (Å²) in [6, 6.07) is 9.48. The fraction of sp³-hybridized carbons (Fsp3) is 0.500. The van der Waals surface area contributed by atoms with E-state index in [4.69, 9.17) is 0 Å². The van der Waals surface area contributed by atoms with E-state index in [1.54, 1.807) is 7.05 Å². The molecular weight excluding hydrogens is 284 g/mol. The van der Waals surface area contributed by atoms with Crippen molar-refractivity contribution in [3.63, 3.8) is 0 Å². The van der Waals surface area contributed by atoms with Gasteiger partial charge in [0.05, 0.1) is 0 Å². The smallest absolute Gasteiger partial charge is 0.195 e. The van der Waals surface area contributed by atoms with Crippen molar-refractivity contribution in [2.24, 2.45) is 0 Å². The Morgan fingerprint density at radius 2 is 1.95 bits per heavy atom. The fourth-order valence-electron chi connectivity index (χ4n) is 2.57. The second-order valence-electron chi connectivity index (χ2n) is 5.61. The summed E-state index contributed by atoms with van der Waals surface area (Å²) in [6.07, 6.45) is 6.58. The molecule has 1 aromatic carbocycles. The molecule has 0 spiro atoms. The molecule has 1 aliphatic carbocycles. The van der Waals surface area contributed by atoms with Crippen LogP contribution in [0.5, 0.6) is 0 Å². The third-order valence-corrected chi connectivity index (χ3v) is 5.47. The minimum Gasteiger partial charge on any atom is -0.195 e. The second-order valence-corrected chi connectivity index (χ2v) is 7.42. The van der Waals surface area contributed by atoms with Crippen LogP contribution in [-0.2, 0) is 16.8 Å². The zero-order chi connectivity index (χ0) is 15.3. The summed E-state index contributed by atoms with van der Waals surface area (Å²) in [5.41, 5.74) is 2.19. The molecule has 116 valence electrons. The topological polar surface area (TPSA) is 49.4 Å². The van der Waals surface area contributed by atoms with Gasteiger partial charge in [0.15, 0.2) is 0 Å². The van der Waals surface area contributed by atoms with Crippen LogP contribution in [0.15, 0.2) is 42.0 Å². The highest BCUT2D eigenvalue weighted by Gasteiger charge is 2.22. The molecule has 5 heteroatoms. The van der Waals surface area contributed by atoms with E-state index in [9.17, 15) is 8.42 Å². The normalized spacial score (nSPS) is 17.6. The summed E-state index contributed by atoms with van der Waals surface area (Å²) in [4.78, 5) is 0. The molecule has 21 heavy (non-hydrogen) atoms. The molecule has 2 rings (SSSR count). The van der Waals surface area contributed by atoms with E-state index in [0.717, 1.165) is 24.8 Å². The quantitative estimate of drug-likeness (QED) is 0.822. The summed E-state index contributed by atoms with van der Waals surface area (Å²) in [6.45, 7) is 2.30. The molecule has 0 aliphatic heterocycles. The number of hydrogen-bond donors (Lipinski definition) is 1. The number of nitrogens with one attached hydrogen (secondary N) is 1. The lowest BCUT2D eigenvalue weighted by Crippen LogP contribution is -2.43. The molecule has 0 saturated carbocycles. The Morgan fingerprint density at radius 3 is 2.57 bits per heavy atom. The van der Waals surface area contributed by atoms with Gasteiger partial charge in [-0.15, -0.1) is 0 Å². The number of allylic oxidation sites excluding steroid dienone is 1. The molecule has 1 aromatic rings. The lowest BCUT2D eigenvalue weighted by Gasteiger charge is -2.24. The number of benzene rings is 1. The molecule has 0 aromatic heterocycles. The molecule has 1 N–H and O–H groups in total. The molecule has 0 amide bonds. The zero-order valence-corrected chi connectivity index (χ0v) is 13.6. The molecule has 1 aliphatic rings. The Balaban J connectivity index is 1.98. The predicted octanol–water partition coefficient (Wildman–Crippen LogP) is 2.84. The van der Waals surface area contributed by atoms with Gasteiger partial charge in [0.2, 0.25) is 0 Å². The second kappa shape index (κ2) is 7.20. The van der Waals surface area contributed by atoms with Gasteiger partial charge in [-0.2, -0.15) is 17.4 Å². The minimum absolute atomic E-state index is 0.131. The van der Waals surface area contributed by atoms with Crippen molar-refractivity contribution in [1.82, 2.24) is 9.03 Å². The van der Waals surface area contributed by atoms with Crippen LogP contribution >= 0.6 is 0 Å². The van der Waals surface area contributed by atoms with Gasteiger partial charge in [0.25, 0.3) is 10.2 Å². The van der Waals surface area contributed by atoms with Crippen molar-refractivity contribution < 1.29 is 8.42 Å². The Hall–Kier alpha value is -1.17. The largest absolute Gasteiger partial charge is 0.280 e. The van der Waals surface area contributed by atoms with Crippen molar-refractivity contribution in [2.45, 2.75) is 45.2 Å². The first kappa shape index (κ1) is 16.2. The van der Waals surface area contributed by atoms with Crippen molar-refractivity contribution >= 4 is 10.2 Å². The van der Waals surface area contributed by atoms with Gasteiger partial charge in [0, 0.05) is 19.6 Å². The molecule has 0 radical (unpaired) electrons. The third kappa shape index (κ3) is 4.66. The highest BCUT2D eigenvalue weighted by molar-refractivity contribution is 7.87. The molecule has 4 nitrogen and oxygen atoms in total. The lowest BCUT2D eigenvalue weighted by molar-refractivity contribution is 0.448. The number of nitrogens with zero attached hydrogens (tertiary/aromatic N) is 1. The van der Waals surface area contributed by atoms with Crippen molar-refractivity contribution in [2.75, 3.05) is 7.05 Å². The minimum atomic E-state index is -3.46. The highest BCUT2D eigenvalue weighted by atomic mass is 32.2. The lowest BCUT2D eigenvalue weighted by atomic mass is 9.95. The summed E-state index contributed by atoms with van der Waals surface area (Å²) in [5, 5.41) is 0. The summed E-state index contributed by atoms with van der Waals surface area (Å²) in [5.74, 6) is 0. The van der Waals surface area contributed by atoms with Gasteiger partial charge in [-0.25, -0.2) is 0 Å². The maximum atomic E-state index is 12.4. The van der Waals surface area contributed by atoms with Gasteiger partial charge >= 0.3 is 0 Å². The molecule has 0 heterocycles. The predicted molar refractivity (Wildman–Crippen MR) is 86.0 cm³/mol. The van der Waals surface area contributed by atoms with Crippen LogP contribution in [0.25, 0.3) is 0 Å². The van der Waals surface area contributed by atoms with E-state index in [0.29, 0.717) is 6.54 Å². The van der Waals surface area contributed by atoms with E-state index in [1.807, 2.05) is 37.3 Å². The molecule has 0 saturated heterocycles.